The maximum absolute atomic E-state index is 13.7. The van der Waals surface area contributed by atoms with Crippen molar-refractivity contribution in [3.05, 3.63) is 113 Å². The SMILES string of the molecule is O=Cc1ncccc1[C@@]12Cc3cnn(-c4ccc(F)cc4)c3C=C1CCN(S(=O)(=O)c1ccc(C(F)(F)F)cc1)C2. The van der Waals surface area contributed by atoms with Crippen LogP contribution in [-0.2, 0) is 28.0 Å². The minimum atomic E-state index is -4.60. The van der Waals surface area contributed by atoms with Crippen LogP contribution in [0.2, 0.25) is 0 Å². The molecule has 6 rings (SSSR count). The first-order valence-corrected chi connectivity index (χ1v) is 14.1. The van der Waals surface area contributed by atoms with E-state index in [0.29, 0.717) is 30.4 Å². The predicted molar refractivity (Wildman–Crippen MR) is 141 cm³/mol. The number of alkyl halides is 3. The van der Waals surface area contributed by atoms with Crippen LogP contribution in [0, 0.1) is 5.82 Å². The summed E-state index contributed by atoms with van der Waals surface area (Å²) in [5, 5.41) is 4.51. The molecule has 3 heterocycles. The third-order valence-corrected chi connectivity index (χ3v) is 9.60. The van der Waals surface area contributed by atoms with Gasteiger partial charge in [0.2, 0.25) is 10.0 Å². The topological polar surface area (TPSA) is 85.2 Å². The second-order valence-corrected chi connectivity index (χ2v) is 12.0. The third-order valence-electron chi connectivity index (χ3n) is 7.74. The first-order valence-electron chi connectivity index (χ1n) is 12.6. The number of hydrogen-bond donors (Lipinski definition) is 0. The van der Waals surface area contributed by atoms with E-state index in [1.165, 1.54) is 22.6 Å². The molecule has 0 radical (unpaired) electrons. The van der Waals surface area contributed by atoms with E-state index < -0.39 is 27.2 Å². The monoisotopic (exact) mass is 582 g/mol. The predicted octanol–water partition coefficient (Wildman–Crippen LogP) is 5.21. The second kappa shape index (κ2) is 9.74. The lowest BCUT2D eigenvalue weighted by molar-refractivity contribution is -0.137. The smallest absolute Gasteiger partial charge is 0.296 e. The Labute approximate surface area is 232 Å². The van der Waals surface area contributed by atoms with Gasteiger partial charge in [-0.25, -0.2) is 17.5 Å². The molecule has 1 saturated heterocycles. The molecule has 210 valence electrons. The normalized spacial score (nSPS) is 19.3. The standard InChI is InChI=1S/C29H22F4N4O3S/c30-22-5-7-23(8-6-22)37-27-14-21-11-13-36(41(39,40)24-9-3-20(4-10-24)29(31,32)33)18-28(21,15-19(27)16-35-37)25-2-1-12-34-26(25)17-38/h1-10,12,14,16-17H,11,13,15,18H2/t28-/m1/s1. The minimum absolute atomic E-state index is 0.0596. The number of rotatable bonds is 5. The number of sulfonamides is 1. The summed E-state index contributed by atoms with van der Waals surface area (Å²) < 4.78 is 83.2. The van der Waals surface area contributed by atoms with Crippen LogP contribution in [0.5, 0.6) is 0 Å². The van der Waals surface area contributed by atoms with E-state index >= 15 is 0 Å². The van der Waals surface area contributed by atoms with Gasteiger partial charge in [0.05, 0.1) is 28.0 Å². The molecule has 0 N–H and O–H groups in total. The molecule has 1 fully saturated rings. The Hall–Kier alpha value is -4.16. The summed E-state index contributed by atoms with van der Waals surface area (Å²) in [6.45, 7) is 0.0174. The molecular formula is C29H22F4N4O3S. The first-order chi connectivity index (χ1) is 19.5. The van der Waals surface area contributed by atoms with Crippen LogP contribution >= 0.6 is 0 Å². The molecule has 0 bridgehead atoms. The van der Waals surface area contributed by atoms with Crippen LogP contribution < -0.4 is 0 Å². The van der Waals surface area contributed by atoms with Crippen molar-refractivity contribution >= 4 is 22.4 Å². The van der Waals surface area contributed by atoms with Crippen molar-refractivity contribution in [3.8, 4) is 5.69 Å². The summed E-state index contributed by atoms with van der Waals surface area (Å²) in [5.74, 6) is -0.383. The number of fused-ring (bicyclic) bond motifs is 2. The molecule has 2 aromatic carbocycles. The highest BCUT2D eigenvalue weighted by Gasteiger charge is 2.48. The van der Waals surface area contributed by atoms with Crippen molar-refractivity contribution in [2.45, 2.75) is 29.3 Å². The second-order valence-electron chi connectivity index (χ2n) is 10.0. The van der Waals surface area contributed by atoms with Gasteiger partial charge >= 0.3 is 6.18 Å². The molecule has 0 spiro atoms. The Balaban J connectivity index is 1.44. The van der Waals surface area contributed by atoms with Crippen LogP contribution in [-0.4, -0.2) is 46.9 Å². The zero-order valence-corrected chi connectivity index (χ0v) is 22.2. The fourth-order valence-electron chi connectivity index (χ4n) is 5.75. The van der Waals surface area contributed by atoms with Gasteiger partial charge in [-0.1, -0.05) is 11.6 Å². The van der Waals surface area contributed by atoms with Crippen molar-refractivity contribution in [2.75, 3.05) is 13.1 Å². The molecule has 0 amide bonds. The Morgan fingerprint density at radius 3 is 2.41 bits per heavy atom. The number of benzene rings is 2. The Kier molecular flexibility index (Phi) is 6.42. The van der Waals surface area contributed by atoms with E-state index in [9.17, 15) is 30.8 Å². The van der Waals surface area contributed by atoms with Crippen LogP contribution in [0.1, 0.15) is 39.3 Å². The lowest BCUT2D eigenvalue weighted by Crippen LogP contribution is -2.52. The van der Waals surface area contributed by atoms with Gasteiger partial charge in [-0.2, -0.15) is 22.6 Å². The maximum Gasteiger partial charge on any atom is 0.416 e. The number of hydrogen-bond acceptors (Lipinski definition) is 5. The van der Waals surface area contributed by atoms with Crippen molar-refractivity contribution in [2.24, 2.45) is 0 Å². The van der Waals surface area contributed by atoms with Crippen molar-refractivity contribution < 1.29 is 30.8 Å². The van der Waals surface area contributed by atoms with E-state index in [-0.39, 0.29) is 29.5 Å². The van der Waals surface area contributed by atoms with Gasteiger partial charge < -0.3 is 0 Å². The molecule has 1 atom stereocenters. The first kappa shape index (κ1) is 27.0. The minimum Gasteiger partial charge on any atom is -0.296 e. The number of pyridine rings is 1. The Bertz CT molecular complexity index is 1780. The van der Waals surface area contributed by atoms with Gasteiger partial charge in [0.25, 0.3) is 0 Å². The van der Waals surface area contributed by atoms with E-state index in [0.717, 1.165) is 41.1 Å². The Morgan fingerprint density at radius 1 is 1.00 bits per heavy atom. The fourth-order valence-corrected chi connectivity index (χ4v) is 7.25. The van der Waals surface area contributed by atoms with Crippen molar-refractivity contribution in [3.63, 3.8) is 0 Å². The largest absolute Gasteiger partial charge is 0.416 e. The van der Waals surface area contributed by atoms with Gasteiger partial charge in [-0.05, 0) is 84.6 Å². The molecule has 41 heavy (non-hydrogen) atoms. The molecule has 1 aliphatic carbocycles. The fraction of sp³-hybridized carbons (Fsp3) is 0.207. The molecule has 4 aromatic rings. The summed E-state index contributed by atoms with van der Waals surface area (Å²) in [7, 11) is -4.19. The Morgan fingerprint density at radius 2 is 1.73 bits per heavy atom. The number of aldehydes is 1. The number of carbonyl (C=O) groups excluding carboxylic acids is 1. The van der Waals surface area contributed by atoms with Crippen LogP contribution in [0.15, 0.2) is 83.5 Å². The van der Waals surface area contributed by atoms with Gasteiger partial charge in [0, 0.05) is 24.7 Å². The van der Waals surface area contributed by atoms with E-state index in [1.807, 2.05) is 6.08 Å². The van der Waals surface area contributed by atoms with Crippen LogP contribution in [0.3, 0.4) is 0 Å². The van der Waals surface area contributed by atoms with Crippen molar-refractivity contribution in [1.82, 2.24) is 19.1 Å². The molecule has 12 heteroatoms. The molecule has 1 aliphatic heterocycles. The van der Waals surface area contributed by atoms with Crippen molar-refractivity contribution in [1.29, 1.82) is 0 Å². The quantitative estimate of drug-likeness (QED) is 0.238. The highest BCUT2D eigenvalue weighted by molar-refractivity contribution is 7.89. The molecule has 0 unspecified atom stereocenters. The zero-order valence-electron chi connectivity index (χ0n) is 21.3. The number of aromatic nitrogens is 3. The zero-order chi connectivity index (χ0) is 29.0. The highest BCUT2D eigenvalue weighted by atomic mass is 32.2. The van der Waals surface area contributed by atoms with Gasteiger partial charge in [-0.15, -0.1) is 0 Å². The van der Waals surface area contributed by atoms with Crippen LogP contribution in [0.25, 0.3) is 11.8 Å². The number of piperidine rings is 1. The molecule has 2 aliphatic rings. The average molecular weight is 583 g/mol. The average Bonchev–Trinajstić information content (AvgIpc) is 3.37. The lowest BCUT2D eigenvalue weighted by Gasteiger charge is -2.46. The summed E-state index contributed by atoms with van der Waals surface area (Å²) in [4.78, 5) is 16.0. The molecule has 7 nitrogen and oxygen atoms in total. The summed E-state index contributed by atoms with van der Waals surface area (Å²) in [5.41, 5.74) is 1.85. The molecule has 2 aromatic heterocycles. The highest BCUT2D eigenvalue weighted by Crippen LogP contribution is 2.48. The summed E-state index contributed by atoms with van der Waals surface area (Å²) in [6.07, 6.45) is 1.69. The number of nitrogens with zero attached hydrogens (tertiary/aromatic N) is 4. The third kappa shape index (κ3) is 4.56. The summed E-state index contributed by atoms with van der Waals surface area (Å²) >= 11 is 0. The molecule has 0 saturated carbocycles. The maximum atomic E-state index is 13.7. The number of carbonyl (C=O) groups is 1. The van der Waals surface area contributed by atoms with Gasteiger partial charge in [0.15, 0.2) is 6.29 Å². The summed E-state index contributed by atoms with van der Waals surface area (Å²) in [6, 6.07) is 12.7. The van der Waals surface area contributed by atoms with E-state index in [4.69, 9.17) is 0 Å². The van der Waals surface area contributed by atoms with Gasteiger partial charge in [0.1, 0.15) is 11.5 Å². The lowest BCUT2D eigenvalue weighted by atomic mass is 9.64. The van der Waals surface area contributed by atoms with Gasteiger partial charge in [-0.3, -0.25) is 9.78 Å². The van der Waals surface area contributed by atoms with E-state index in [2.05, 4.69) is 10.1 Å². The van der Waals surface area contributed by atoms with Crippen LogP contribution in [0.4, 0.5) is 17.6 Å². The molecular weight excluding hydrogens is 560 g/mol. The number of halogens is 4. The van der Waals surface area contributed by atoms with E-state index in [1.54, 1.807) is 35.1 Å².